The van der Waals surface area contributed by atoms with E-state index in [4.69, 9.17) is 4.74 Å². The molecule has 1 amide bonds. The van der Waals surface area contributed by atoms with E-state index in [2.05, 4.69) is 30.5 Å². The first-order chi connectivity index (χ1) is 18.2. The van der Waals surface area contributed by atoms with Crippen molar-refractivity contribution in [2.24, 2.45) is 5.41 Å². The molecule has 2 aromatic rings. The Morgan fingerprint density at radius 1 is 1.21 bits per heavy atom. The van der Waals surface area contributed by atoms with E-state index in [1.165, 1.54) is 0 Å². The molecule has 5 rings (SSSR count). The smallest absolute Gasteiger partial charge is 0.243 e. The normalized spacial score (nSPS) is 26.3. The van der Waals surface area contributed by atoms with Crippen molar-refractivity contribution in [2.45, 2.75) is 97.4 Å². The van der Waals surface area contributed by atoms with E-state index in [1.54, 1.807) is 6.92 Å². The summed E-state index contributed by atoms with van der Waals surface area (Å²) in [4.78, 5) is 41.4. The minimum absolute atomic E-state index is 0.0254. The number of piperidine rings is 1. The van der Waals surface area contributed by atoms with Gasteiger partial charge in [-0.1, -0.05) is 6.92 Å². The highest BCUT2D eigenvalue weighted by atomic mass is 16.5. The van der Waals surface area contributed by atoms with Crippen LogP contribution in [0.4, 0.5) is 5.69 Å². The molecule has 38 heavy (non-hydrogen) atoms. The summed E-state index contributed by atoms with van der Waals surface area (Å²) < 4.78 is 8.02. The van der Waals surface area contributed by atoms with Crippen LogP contribution in [-0.4, -0.2) is 64.8 Å². The SMILES string of the molecule is CCC(=O)[C@@H]1C[C@]23COCCCCCNCc4cc(NC(C)C)cc5c(C(C)=O)cn(c45)CC(=O)N1[C@@H]2C3. The van der Waals surface area contributed by atoms with Gasteiger partial charge in [0.1, 0.15) is 6.54 Å². The van der Waals surface area contributed by atoms with Crippen LogP contribution in [0.15, 0.2) is 18.3 Å². The number of amides is 1. The molecule has 1 aromatic carbocycles. The van der Waals surface area contributed by atoms with Crippen LogP contribution in [0.5, 0.6) is 0 Å². The molecule has 1 saturated heterocycles. The first-order valence-corrected chi connectivity index (χ1v) is 14.3. The number of aromatic nitrogens is 1. The fourth-order valence-corrected chi connectivity index (χ4v) is 6.55. The molecule has 3 heterocycles. The van der Waals surface area contributed by atoms with Gasteiger partial charge in [-0.15, -0.1) is 0 Å². The number of benzene rings is 1. The highest BCUT2D eigenvalue weighted by Gasteiger charge is 2.66. The van der Waals surface area contributed by atoms with Gasteiger partial charge >= 0.3 is 0 Å². The predicted molar refractivity (Wildman–Crippen MR) is 148 cm³/mol. The van der Waals surface area contributed by atoms with E-state index in [0.717, 1.165) is 61.0 Å². The molecule has 8 nitrogen and oxygen atoms in total. The maximum Gasteiger partial charge on any atom is 0.243 e. The van der Waals surface area contributed by atoms with Crippen molar-refractivity contribution in [1.29, 1.82) is 0 Å². The summed E-state index contributed by atoms with van der Waals surface area (Å²) in [5.74, 6) is 0.0405. The lowest BCUT2D eigenvalue weighted by molar-refractivity contribution is -0.139. The number of anilines is 1. The summed E-state index contributed by atoms with van der Waals surface area (Å²) in [6.07, 6.45) is 6.99. The predicted octanol–water partition coefficient (Wildman–Crippen LogP) is 4.29. The average molecular weight is 523 g/mol. The quantitative estimate of drug-likeness (QED) is 0.569. The monoisotopic (exact) mass is 522 g/mol. The molecule has 3 aliphatic rings. The maximum atomic E-state index is 13.9. The molecule has 0 radical (unpaired) electrons. The number of carbonyl (C=O) groups excluding carboxylic acids is 3. The Morgan fingerprint density at radius 2 is 2.03 bits per heavy atom. The van der Waals surface area contributed by atoms with Crippen molar-refractivity contribution < 1.29 is 19.1 Å². The number of nitrogens with one attached hydrogen (secondary N) is 2. The van der Waals surface area contributed by atoms with Gasteiger partial charge in [-0.05, 0) is 77.1 Å². The lowest BCUT2D eigenvalue weighted by Gasteiger charge is -2.27. The molecule has 2 fully saturated rings. The van der Waals surface area contributed by atoms with Gasteiger partial charge in [-0.2, -0.15) is 0 Å². The number of ketones is 2. The third kappa shape index (κ3) is 5.13. The van der Waals surface area contributed by atoms with Crippen LogP contribution in [0.25, 0.3) is 10.9 Å². The summed E-state index contributed by atoms with van der Waals surface area (Å²) in [7, 11) is 0. The minimum atomic E-state index is -0.384. The molecule has 0 spiro atoms. The fraction of sp³-hybridized carbons (Fsp3) is 0.633. The Bertz CT molecular complexity index is 1230. The second-order valence-electron chi connectivity index (χ2n) is 11.8. The summed E-state index contributed by atoms with van der Waals surface area (Å²) in [5.41, 5.74) is 3.47. The third-order valence-corrected chi connectivity index (χ3v) is 8.46. The van der Waals surface area contributed by atoms with Crippen LogP contribution in [0.2, 0.25) is 0 Å². The number of nitrogens with zero attached hydrogens (tertiary/aromatic N) is 2. The van der Waals surface area contributed by atoms with E-state index in [1.807, 2.05) is 28.7 Å². The van der Waals surface area contributed by atoms with Gasteiger partial charge in [0.25, 0.3) is 0 Å². The lowest BCUT2D eigenvalue weighted by Crippen LogP contribution is -2.44. The second-order valence-corrected chi connectivity index (χ2v) is 11.8. The Balaban J connectivity index is 1.56. The minimum Gasteiger partial charge on any atom is -0.383 e. The third-order valence-electron chi connectivity index (χ3n) is 8.46. The number of hydrogen-bond donors (Lipinski definition) is 2. The van der Waals surface area contributed by atoms with E-state index in [9.17, 15) is 14.4 Å². The van der Waals surface area contributed by atoms with Crippen molar-refractivity contribution in [2.75, 3.05) is 25.1 Å². The van der Waals surface area contributed by atoms with Gasteiger partial charge in [0.15, 0.2) is 11.6 Å². The highest BCUT2D eigenvalue weighted by molar-refractivity contribution is 6.09. The zero-order chi connectivity index (χ0) is 27.0. The van der Waals surface area contributed by atoms with Gasteiger partial charge in [0, 0.05) is 59.9 Å². The van der Waals surface area contributed by atoms with Gasteiger partial charge < -0.3 is 24.8 Å². The van der Waals surface area contributed by atoms with Gasteiger partial charge in [-0.3, -0.25) is 14.4 Å². The Labute approximate surface area is 225 Å². The highest BCUT2D eigenvalue weighted by Crippen LogP contribution is 2.60. The summed E-state index contributed by atoms with van der Waals surface area (Å²) in [6, 6.07) is 4.08. The van der Waals surface area contributed by atoms with Gasteiger partial charge in [0.2, 0.25) is 5.91 Å². The standard InChI is InChI=1S/C30H42N4O4/c1-5-26(36)25-13-30-14-27(30)34(25)28(37)17-33-16-24(20(4)35)23-12-22(32-19(2)3)11-21(29(23)33)15-31-9-7-6-8-10-38-18-30/h11-12,16,19,25,27,31-32H,5-10,13-15,17-18H2,1-4H3/t25-,27+,30-/m0/s1. The molecule has 1 saturated carbocycles. The van der Waals surface area contributed by atoms with Crippen LogP contribution in [0.3, 0.4) is 0 Å². The molecule has 2 bridgehead atoms. The molecule has 2 N–H and O–H groups in total. The number of carbonyl (C=O) groups is 3. The molecule has 0 unspecified atom stereocenters. The molecule has 3 atom stereocenters. The lowest BCUT2D eigenvalue weighted by atomic mass is 9.97. The molecular weight excluding hydrogens is 480 g/mol. The van der Waals surface area contributed by atoms with Crippen molar-refractivity contribution >= 4 is 34.1 Å². The largest absolute Gasteiger partial charge is 0.383 e. The van der Waals surface area contributed by atoms with Crippen LogP contribution < -0.4 is 10.6 Å². The van der Waals surface area contributed by atoms with Crippen LogP contribution in [-0.2, 0) is 27.4 Å². The molecule has 1 aromatic heterocycles. The van der Waals surface area contributed by atoms with Crippen LogP contribution in [0, 0.1) is 5.41 Å². The first-order valence-electron chi connectivity index (χ1n) is 14.3. The topological polar surface area (TPSA) is 92.7 Å². The van der Waals surface area contributed by atoms with E-state index in [-0.39, 0.29) is 47.6 Å². The van der Waals surface area contributed by atoms with Crippen LogP contribution in [0.1, 0.15) is 82.1 Å². The molecule has 8 heteroatoms. The van der Waals surface area contributed by atoms with Crippen molar-refractivity contribution in [1.82, 2.24) is 14.8 Å². The zero-order valence-electron chi connectivity index (χ0n) is 23.3. The Kier molecular flexibility index (Phi) is 7.65. The maximum absolute atomic E-state index is 13.9. The van der Waals surface area contributed by atoms with E-state index >= 15 is 0 Å². The van der Waals surface area contributed by atoms with E-state index in [0.29, 0.717) is 31.6 Å². The van der Waals surface area contributed by atoms with Gasteiger partial charge in [-0.25, -0.2) is 0 Å². The number of rotatable bonds is 5. The summed E-state index contributed by atoms with van der Waals surface area (Å²) >= 11 is 0. The van der Waals surface area contributed by atoms with E-state index < -0.39 is 0 Å². The second kappa shape index (κ2) is 10.8. The number of hydrogen-bond acceptors (Lipinski definition) is 6. The average Bonchev–Trinajstić information content (AvgIpc) is 3.27. The fourth-order valence-electron chi connectivity index (χ4n) is 6.55. The van der Waals surface area contributed by atoms with Gasteiger partial charge in [0.05, 0.1) is 18.2 Å². The number of ether oxygens (including phenoxy) is 1. The Hall–Kier alpha value is -2.71. The summed E-state index contributed by atoms with van der Waals surface area (Å²) in [6.45, 7) is 10.6. The number of Topliss-reactive ketones (excluding diaryl/α,β-unsaturated/α-hetero) is 2. The zero-order valence-corrected chi connectivity index (χ0v) is 23.3. The van der Waals surface area contributed by atoms with Crippen LogP contribution >= 0.6 is 0 Å². The first kappa shape index (κ1) is 26.9. The molecule has 206 valence electrons. The van der Waals surface area contributed by atoms with Crippen molar-refractivity contribution in [3.8, 4) is 0 Å². The summed E-state index contributed by atoms with van der Waals surface area (Å²) in [5, 5.41) is 7.93. The van der Waals surface area contributed by atoms with Crippen molar-refractivity contribution in [3.05, 3.63) is 29.5 Å². The van der Waals surface area contributed by atoms with Crippen molar-refractivity contribution in [3.63, 3.8) is 0 Å². The molecule has 2 aliphatic heterocycles. The molecular formula is C30H42N4O4. The Morgan fingerprint density at radius 3 is 2.76 bits per heavy atom. The molecule has 1 aliphatic carbocycles.